The second-order valence-electron chi connectivity index (χ2n) is 4.53. The van der Waals surface area contributed by atoms with Crippen LogP contribution < -0.4 is 5.32 Å². The van der Waals surface area contributed by atoms with Gasteiger partial charge in [-0.3, -0.25) is 0 Å². The summed E-state index contributed by atoms with van der Waals surface area (Å²) in [6, 6.07) is 10.4. The lowest BCUT2D eigenvalue weighted by Crippen LogP contribution is -2.23. The van der Waals surface area contributed by atoms with Crippen LogP contribution in [0.1, 0.15) is 42.8 Å². The molecule has 2 rings (SSSR count). The van der Waals surface area contributed by atoms with E-state index in [9.17, 15) is 0 Å². The van der Waals surface area contributed by atoms with E-state index in [4.69, 9.17) is 23.2 Å². The minimum Gasteiger partial charge on any atom is -0.303 e. The van der Waals surface area contributed by atoms with E-state index >= 15 is 0 Å². The summed E-state index contributed by atoms with van der Waals surface area (Å²) in [5, 5.41) is 7.20. The molecule has 1 N–H and O–H groups in total. The average molecular weight is 314 g/mol. The van der Waals surface area contributed by atoms with Crippen LogP contribution in [-0.2, 0) is 0 Å². The predicted molar refractivity (Wildman–Crippen MR) is 85.4 cm³/mol. The average Bonchev–Trinajstić information content (AvgIpc) is 2.92. The van der Waals surface area contributed by atoms with Gasteiger partial charge in [-0.1, -0.05) is 36.2 Å². The predicted octanol–water partition coefficient (Wildman–Crippen LogP) is 5.86. The van der Waals surface area contributed by atoms with Gasteiger partial charge < -0.3 is 5.32 Å². The molecule has 19 heavy (non-hydrogen) atoms. The summed E-state index contributed by atoms with van der Waals surface area (Å²) >= 11 is 14.1. The smallest absolute Gasteiger partial charge is 0.0454 e. The topological polar surface area (TPSA) is 12.0 Å². The Morgan fingerprint density at radius 3 is 2.68 bits per heavy atom. The van der Waals surface area contributed by atoms with Gasteiger partial charge in [0.15, 0.2) is 0 Å². The molecule has 0 fully saturated rings. The molecular formula is C15H17Cl2NS. The number of rotatable bonds is 5. The number of hydrogen-bond acceptors (Lipinski definition) is 2. The maximum absolute atomic E-state index is 6.25. The molecule has 1 aromatic heterocycles. The van der Waals surface area contributed by atoms with Gasteiger partial charge in [-0.15, -0.1) is 11.3 Å². The summed E-state index contributed by atoms with van der Waals surface area (Å²) in [5.41, 5.74) is 1.05. The molecule has 0 aliphatic heterocycles. The molecule has 1 nitrogen and oxygen atoms in total. The first-order valence-corrected chi connectivity index (χ1v) is 7.99. The van der Waals surface area contributed by atoms with Crippen molar-refractivity contribution in [3.05, 3.63) is 56.2 Å². The molecule has 1 aromatic carbocycles. The zero-order chi connectivity index (χ0) is 13.8. The molecule has 2 unspecified atom stereocenters. The number of thiophene rings is 1. The van der Waals surface area contributed by atoms with Crippen LogP contribution in [0.2, 0.25) is 10.0 Å². The summed E-state index contributed by atoms with van der Waals surface area (Å²) in [5.74, 6) is 0. The Balaban J connectivity index is 2.15. The second kappa shape index (κ2) is 6.76. The van der Waals surface area contributed by atoms with Crippen LogP contribution in [0.5, 0.6) is 0 Å². The van der Waals surface area contributed by atoms with Crippen molar-refractivity contribution >= 4 is 34.5 Å². The molecule has 4 heteroatoms. The van der Waals surface area contributed by atoms with Gasteiger partial charge in [0.1, 0.15) is 0 Å². The van der Waals surface area contributed by atoms with E-state index in [1.165, 1.54) is 4.88 Å². The van der Waals surface area contributed by atoms with Crippen molar-refractivity contribution in [1.29, 1.82) is 0 Å². The molecule has 0 saturated carbocycles. The van der Waals surface area contributed by atoms with Crippen LogP contribution in [0.25, 0.3) is 0 Å². The second-order valence-corrected chi connectivity index (χ2v) is 6.35. The summed E-state index contributed by atoms with van der Waals surface area (Å²) in [6.07, 6.45) is 1.04. The van der Waals surface area contributed by atoms with Crippen LogP contribution in [-0.4, -0.2) is 0 Å². The number of benzene rings is 1. The van der Waals surface area contributed by atoms with E-state index in [0.29, 0.717) is 6.04 Å². The highest BCUT2D eigenvalue weighted by Gasteiger charge is 2.16. The van der Waals surface area contributed by atoms with Gasteiger partial charge in [-0.05, 0) is 48.6 Å². The van der Waals surface area contributed by atoms with E-state index in [0.717, 1.165) is 22.0 Å². The molecule has 0 bridgehead atoms. The Bertz CT molecular complexity index is 525. The third-order valence-corrected chi connectivity index (χ3v) is 4.74. The molecule has 102 valence electrons. The first kappa shape index (κ1) is 14.9. The fourth-order valence-corrected chi connectivity index (χ4v) is 3.46. The molecule has 1 heterocycles. The van der Waals surface area contributed by atoms with Crippen molar-refractivity contribution in [2.24, 2.45) is 0 Å². The van der Waals surface area contributed by atoms with Crippen molar-refractivity contribution in [2.75, 3.05) is 0 Å². The van der Waals surface area contributed by atoms with Crippen LogP contribution in [0.15, 0.2) is 35.7 Å². The molecule has 0 spiro atoms. The van der Waals surface area contributed by atoms with Crippen molar-refractivity contribution in [2.45, 2.75) is 32.4 Å². The molecule has 0 amide bonds. The summed E-state index contributed by atoms with van der Waals surface area (Å²) in [7, 11) is 0. The molecule has 0 saturated heterocycles. The van der Waals surface area contributed by atoms with E-state index in [1.54, 1.807) is 11.3 Å². The Labute approximate surface area is 128 Å². The SMILES string of the molecule is CCC(NC(C)c1cc(Cl)ccc1Cl)c1cccs1. The van der Waals surface area contributed by atoms with Gasteiger partial charge in [0.2, 0.25) is 0 Å². The van der Waals surface area contributed by atoms with Crippen LogP contribution in [0.3, 0.4) is 0 Å². The van der Waals surface area contributed by atoms with Gasteiger partial charge in [0.05, 0.1) is 0 Å². The van der Waals surface area contributed by atoms with Crippen molar-refractivity contribution in [1.82, 2.24) is 5.32 Å². The maximum atomic E-state index is 6.25. The lowest BCUT2D eigenvalue weighted by Gasteiger charge is -2.22. The van der Waals surface area contributed by atoms with E-state index in [-0.39, 0.29) is 6.04 Å². The highest BCUT2D eigenvalue weighted by atomic mass is 35.5. The molecule has 2 atom stereocenters. The molecular weight excluding hydrogens is 297 g/mol. The van der Waals surface area contributed by atoms with Crippen molar-refractivity contribution < 1.29 is 0 Å². The summed E-state index contributed by atoms with van der Waals surface area (Å²) in [4.78, 5) is 1.35. The lowest BCUT2D eigenvalue weighted by atomic mass is 10.1. The molecule has 0 aliphatic carbocycles. The number of nitrogens with one attached hydrogen (secondary N) is 1. The fraction of sp³-hybridized carbons (Fsp3) is 0.333. The van der Waals surface area contributed by atoms with E-state index in [1.807, 2.05) is 18.2 Å². The fourth-order valence-electron chi connectivity index (χ4n) is 2.13. The highest BCUT2D eigenvalue weighted by molar-refractivity contribution is 7.10. The molecule has 0 radical (unpaired) electrons. The summed E-state index contributed by atoms with van der Waals surface area (Å²) in [6.45, 7) is 4.30. The van der Waals surface area contributed by atoms with Gasteiger partial charge in [-0.2, -0.15) is 0 Å². The van der Waals surface area contributed by atoms with Crippen molar-refractivity contribution in [3.8, 4) is 0 Å². The molecule has 2 aromatic rings. The maximum Gasteiger partial charge on any atom is 0.0454 e. The lowest BCUT2D eigenvalue weighted by molar-refractivity contribution is 0.462. The van der Waals surface area contributed by atoms with E-state index in [2.05, 4.69) is 36.7 Å². The summed E-state index contributed by atoms with van der Waals surface area (Å²) < 4.78 is 0. The van der Waals surface area contributed by atoms with Gasteiger partial charge in [-0.25, -0.2) is 0 Å². The van der Waals surface area contributed by atoms with Crippen LogP contribution >= 0.6 is 34.5 Å². The normalized spacial score (nSPS) is 14.3. The third-order valence-electron chi connectivity index (χ3n) is 3.17. The van der Waals surface area contributed by atoms with E-state index < -0.39 is 0 Å². The standard InChI is InChI=1S/C15H17Cl2NS/c1-3-14(15-5-4-8-19-15)18-10(2)12-9-11(16)6-7-13(12)17/h4-10,14,18H,3H2,1-2H3. The van der Waals surface area contributed by atoms with Gasteiger partial charge in [0.25, 0.3) is 0 Å². The van der Waals surface area contributed by atoms with Crippen molar-refractivity contribution in [3.63, 3.8) is 0 Å². The Morgan fingerprint density at radius 2 is 2.05 bits per heavy atom. The third kappa shape index (κ3) is 3.73. The monoisotopic (exact) mass is 313 g/mol. The Kier molecular flexibility index (Phi) is 5.28. The van der Waals surface area contributed by atoms with Gasteiger partial charge >= 0.3 is 0 Å². The largest absolute Gasteiger partial charge is 0.303 e. The number of hydrogen-bond donors (Lipinski definition) is 1. The first-order chi connectivity index (χ1) is 9.11. The zero-order valence-corrected chi connectivity index (χ0v) is 13.3. The zero-order valence-electron chi connectivity index (χ0n) is 11.0. The molecule has 0 aliphatic rings. The highest BCUT2D eigenvalue weighted by Crippen LogP contribution is 2.30. The van der Waals surface area contributed by atoms with Crippen LogP contribution in [0.4, 0.5) is 0 Å². The first-order valence-electron chi connectivity index (χ1n) is 6.36. The van der Waals surface area contributed by atoms with Gasteiger partial charge in [0, 0.05) is 27.0 Å². The Morgan fingerprint density at radius 1 is 1.26 bits per heavy atom. The minimum atomic E-state index is 0.165. The van der Waals surface area contributed by atoms with Crippen LogP contribution in [0, 0.1) is 0 Å². The Hall–Kier alpha value is -0.540. The number of halogens is 2. The minimum absolute atomic E-state index is 0.165. The quantitative estimate of drug-likeness (QED) is 0.729.